The van der Waals surface area contributed by atoms with Crippen molar-refractivity contribution in [3.63, 3.8) is 0 Å². The lowest BCUT2D eigenvalue weighted by Gasteiger charge is -2.07. The topological polar surface area (TPSA) is 50.1 Å². The molecule has 4 heteroatoms. The fraction of sp³-hybridized carbons (Fsp3) is 0.462. The van der Waals surface area contributed by atoms with Gasteiger partial charge in [0.15, 0.2) is 0 Å². The highest BCUT2D eigenvalue weighted by atomic mass is 32.2. The van der Waals surface area contributed by atoms with E-state index in [1.165, 1.54) is 5.56 Å². The molecule has 0 heterocycles. The Morgan fingerprint density at radius 3 is 2.71 bits per heavy atom. The monoisotopic (exact) mass is 251 g/mol. The minimum absolute atomic E-state index is 0.342. The van der Waals surface area contributed by atoms with Gasteiger partial charge in [0.25, 0.3) is 0 Å². The van der Waals surface area contributed by atoms with E-state index in [1.54, 1.807) is 6.92 Å². The van der Waals surface area contributed by atoms with Crippen LogP contribution in [0.1, 0.15) is 18.1 Å². The van der Waals surface area contributed by atoms with Crippen LogP contribution in [-0.4, -0.2) is 22.7 Å². The number of rotatable bonds is 5. The lowest BCUT2D eigenvalue weighted by molar-refractivity contribution is 0.116. The average Bonchev–Trinajstić information content (AvgIpc) is 2.32. The molecule has 17 heavy (non-hydrogen) atoms. The molecule has 0 aliphatic rings. The predicted molar refractivity (Wildman–Crippen MR) is 68.2 cm³/mol. The van der Waals surface area contributed by atoms with Crippen molar-refractivity contribution in [2.75, 3.05) is 12.4 Å². The lowest BCUT2D eigenvalue weighted by atomic mass is 10.1. The minimum Gasteiger partial charge on any atom is -0.363 e. The van der Waals surface area contributed by atoms with Crippen LogP contribution in [0.25, 0.3) is 0 Å². The van der Waals surface area contributed by atoms with Crippen molar-refractivity contribution in [1.82, 2.24) is 0 Å². The standard InChI is InChI=1S/C13H17NO2S/c1-10-4-5-13(8-11(10)2)17(15)7-6-16-12(3)9-14/h4-5,8,12H,6-7H2,1-3H3. The summed E-state index contributed by atoms with van der Waals surface area (Å²) in [6.45, 7) is 6.05. The van der Waals surface area contributed by atoms with Gasteiger partial charge in [-0.3, -0.25) is 4.21 Å². The van der Waals surface area contributed by atoms with E-state index in [4.69, 9.17) is 10.00 Å². The van der Waals surface area contributed by atoms with Crippen LogP contribution in [0.4, 0.5) is 0 Å². The highest BCUT2D eigenvalue weighted by Gasteiger charge is 2.06. The summed E-state index contributed by atoms with van der Waals surface area (Å²) < 4.78 is 17.1. The molecule has 0 N–H and O–H groups in total. The molecule has 2 atom stereocenters. The Balaban J connectivity index is 2.53. The van der Waals surface area contributed by atoms with Crippen LogP contribution < -0.4 is 0 Å². The van der Waals surface area contributed by atoms with Gasteiger partial charge in [-0.05, 0) is 44.0 Å². The van der Waals surface area contributed by atoms with E-state index >= 15 is 0 Å². The quantitative estimate of drug-likeness (QED) is 0.807. The number of benzene rings is 1. The fourth-order valence-electron chi connectivity index (χ4n) is 1.31. The molecule has 0 bridgehead atoms. The largest absolute Gasteiger partial charge is 0.363 e. The molecule has 1 rings (SSSR count). The first-order valence-corrected chi connectivity index (χ1v) is 6.83. The molecule has 1 aromatic rings. The third-order valence-electron chi connectivity index (χ3n) is 2.56. The Bertz CT molecular complexity index is 451. The van der Waals surface area contributed by atoms with Crippen LogP contribution in [0, 0.1) is 25.2 Å². The van der Waals surface area contributed by atoms with Gasteiger partial charge in [0.1, 0.15) is 6.10 Å². The summed E-state index contributed by atoms with van der Waals surface area (Å²) in [5.74, 6) is 0.425. The summed E-state index contributed by atoms with van der Waals surface area (Å²) in [7, 11) is -1.05. The maximum atomic E-state index is 11.9. The van der Waals surface area contributed by atoms with Crippen LogP contribution in [0.5, 0.6) is 0 Å². The first-order chi connectivity index (χ1) is 8.04. The van der Waals surface area contributed by atoms with Gasteiger partial charge in [-0.1, -0.05) is 6.07 Å². The predicted octanol–water partition coefficient (Wildman–Crippen LogP) is 2.34. The van der Waals surface area contributed by atoms with E-state index < -0.39 is 16.9 Å². The summed E-state index contributed by atoms with van der Waals surface area (Å²) in [5.41, 5.74) is 2.34. The maximum Gasteiger partial charge on any atom is 0.141 e. The molecular weight excluding hydrogens is 234 g/mol. The Morgan fingerprint density at radius 1 is 1.41 bits per heavy atom. The van der Waals surface area contributed by atoms with Crippen molar-refractivity contribution >= 4 is 10.8 Å². The highest BCUT2D eigenvalue weighted by molar-refractivity contribution is 7.85. The molecule has 0 saturated carbocycles. The zero-order valence-electron chi connectivity index (χ0n) is 10.4. The van der Waals surface area contributed by atoms with E-state index in [0.717, 1.165) is 10.5 Å². The first-order valence-electron chi connectivity index (χ1n) is 5.51. The normalized spacial score (nSPS) is 14.0. The number of aryl methyl sites for hydroxylation is 2. The Kier molecular flexibility index (Phi) is 5.33. The molecule has 92 valence electrons. The van der Waals surface area contributed by atoms with Crippen molar-refractivity contribution < 1.29 is 8.95 Å². The van der Waals surface area contributed by atoms with E-state index in [9.17, 15) is 4.21 Å². The number of nitriles is 1. The smallest absolute Gasteiger partial charge is 0.141 e. The summed E-state index contributed by atoms with van der Waals surface area (Å²) in [4.78, 5) is 0.821. The molecule has 0 fully saturated rings. The molecule has 0 spiro atoms. The number of hydrogen-bond donors (Lipinski definition) is 0. The molecule has 0 aliphatic carbocycles. The van der Waals surface area contributed by atoms with Crippen molar-refractivity contribution in [2.45, 2.75) is 31.8 Å². The second-order valence-corrected chi connectivity index (χ2v) is 5.51. The van der Waals surface area contributed by atoms with Crippen molar-refractivity contribution in [3.8, 4) is 6.07 Å². The number of nitrogens with zero attached hydrogens (tertiary/aromatic N) is 1. The Morgan fingerprint density at radius 2 is 2.12 bits per heavy atom. The van der Waals surface area contributed by atoms with Crippen molar-refractivity contribution in [1.29, 1.82) is 5.26 Å². The van der Waals surface area contributed by atoms with E-state index in [2.05, 4.69) is 0 Å². The molecule has 0 aliphatic heterocycles. The van der Waals surface area contributed by atoms with E-state index in [-0.39, 0.29) is 0 Å². The van der Waals surface area contributed by atoms with Gasteiger partial charge in [0, 0.05) is 4.90 Å². The van der Waals surface area contributed by atoms with Crippen LogP contribution >= 0.6 is 0 Å². The van der Waals surface area contributed by atoms with E-state index in [0.29, 0.717) is 12.4 Å². The molecule has 0 radical (unpaired) electrons. The zero-order chi connectivity index (χ0) is 12.8. The maximum absolute atomic E-state index is 11.9. The SMILES string of the molecule is Cc1ccc(S(=O)CCOC(C)C#N)cc1C. The summed E-state index contributed by atoms with van der Waals surface area (Å²) in [6.07, 6.45) is -0.438. The Labute approximate surface area is 105 Å². The summed E-state index contributed by atoms with van der Waals surface area (Å²) in [6, 6.07) is 7.77. The second kappa shape index (κ2) is 6.53. The van der Waals surface area contributed by atoms with Crippen molar-refractivity contribution in [3.05, 3.63) is 29.3 Å². The van der Waals surface area contributed by atoms with Crippen LogP contribution in [-0.2, 0) is 15.5 Å². The van der Waals surface area contributed by atoms with E-state index in [1.807, 2.05) is 38.1 Å². The third-order valence-corrected chi connectivity index (χ3v) is 3.88. The van der Waals surface area contributed by atoms with Gasteiger partial charge in [-0.15, -0.1) is 0 Å². The molecular formula is C13H17NO2S. The van der Waals surface area contributed by atoms with Gasteiger partial charge in [0.05, 0.1) is 29.2 Å². The number of ether oxygens (including phenoxy) is 1. The van der Waals surface area contributed by atoms with Gasteiger partial charge < -0.3 is 4.74 Å². The molecule has 0 saturated heterocycles. The fourth-order valence-corrected chi connectivity index (χ4v) is 2.32. The van der Waals surface area contributed by atoms with Crippen LogP contribution in [0.3, 0.4) is 0 Å². The molecule has 0 aromatic heterocycles. The Hall–Kier alpha value is -1.18. The average molecular weight is 251 g/mol. The minimum atomic E-state index is -1.05. The third kappa shape index (κ3) is 4.29. The highest BCUT2D eigenvalue weighted by Crippen LogP contribution is 2.13. The van der Waals surface area contributed by atoms with Gasteiger partial charge >= 0.3 is 0 Å². The van der Waals surface area contributed by atoms with Gasteiger partial charge in [-0.2, -0.15) is 5.26 Å². The van der Waals surface area contributed by atoms with Crippen LogP contribution in [0.2, 0.25) is 0 Å². The molecule has 2 unspecified atom stereocenters. The van der Waals surface area contributed by atoms with Gasteiger partial charge in [0.2, 0.25) is 0 Å². The number of hydrogen-bond acceptors (Lipinski definition) is 3. The molecule has 1 aromatic carbocycles. The molecule has 0 amide bonds. The summed E-state index contributed by atoms with van der Waals surface area (Å²) in [5, 5.41) is 8.53. The van der Waals surface area contributed by atoms with Crippen molar-refractivity contribution in [2.24, 2.45) is 0 Å². The zero-order valence-corrected chi connectivity index (χ0v) is 11.2. The lowest BCUT2D eigenvalue weighted by Crippen LogP contribution is -2.12. The van der Waals surface area contributed by atoms with Crippen LogP contribution in [0.15, 0.2) is 23.1 Å². The first kappa shape index (κ1) is 13.9. The van der Waals surface area contributed by atoms with Gasteiger partial charge in [-0.25, -0.2) is 0 Å². The second-order valence-electron chi connectivity index (χ2n) is 3.94. The summed E-state index contributed by atoms with van der Waals surface area (Å²) >= 11 is 0. The molecule has 3 nitrogen and oxygen atoms in total.